The van der Waals surface area contributed by atoms with Gasteiger partial charge in [0.15, 0.2) is 5.92 Å². The molecular formula is C15H26O6. The van der Waals surface area contributed by atoms with Gasteiger partial charge in [-0.25, -0.2) is 0 Å². The van der Waals surface area contributed by atoms with Crippen molar-refractivity contribution in [2.75, 3.05) is 0 Å². The maximum Gasteiger partial charge on any atom is 0.318 e. The van der Waals surface area contributed by atoms with Crippen LogP contribution in [0.25, 0.3) is 0 Å². The SMILES string of the molecule is CCCCCCCCCCC(C(=O)O)C(C(=O)O)C(=O)O. The van der Waals surface area contributed by atoms with Gasteiger partial charge in [0.25, 0.3) is 0 Å². The molecule has 0 saturated carbocycles. The number of carbonyl (C=O) groups is 3. The van der Waals surface area contributed by atoms with Crippen molar-refractivity contribution in [3.8, 4) is 0 Å². The number of carboxylic acids is 3. The van der Waals surface area contributed by atoms with E-state index in [4.69, 9.17) is 15.3 Å². The predicted molar refractivity (Wildman–Crippen MR) is 77.1 cm³/mol. The minimum atomic E-state index is -1.87. The molecule has 0 saturated heterocycles. The van der Waals surface area contributed by atoms with Crippen molar-refractivity contribution in [3.05, 3.63) is 0 Å². The molecule has 21 heavy (non-hydrogen) atoms. The van der Waals surface area contributed by atoms with E-state index < -0.39 is 29.7 Å². The second-order valence-electron chi connectivity index (χ2n) is 5.36. The molecule has 0 amide bonds. The Morgan fingerprint density at radius 2 is 1.14 bits per heavy atom. The van der Waals surface area contributed by atoms with Crippen LogP contribution in [0.15, 0.2) is 0 Å². The van der Waals surface area contributed by atoms with Crippen LogP contribution in [0.2, 0.25) is 0 Å². The standard InChI is InChI=1S/C15H26O6/c1-2-3-4-5-6-7-8-9-10-11(13(16)17)12(14(18)19)15(20)21/h11-12H,2-10H2,1H3,(H,16,17)(H,18,19)(H,20,21). The first-order valence-corrected chi connectivity index (χ1v) is 7.60. The maximum absolute atomic E-state index is 11.1. The fourth-order valence-corrected chi connectivity index (χ4v) is 2.38. The molecule has 122 valence electrons. The molecule has 0 aromatic carbocycles. The van der Waals surface area contributed by atoms with Crippen molar-refractivity contribution in [1.82, 2.24) is 0 Å². The van der Waals surface area contributed by atoms with Crippen LogP contribution in [-0.4, -0.2) is 33.2 Å². The van der Waals surface area contributed by atoms with Crippen molar-refractivity contribution in [1.29, 1.82) is 0 Å². The molecule has 0 bridgehead atoms. The third-order valence-corrected chi connectivity index (χ3v) is 3.62. The van der Waals surface area contributed by atoms with Gasteiger partial charge in [0.2, 0.25) is 0 Å². The van der Waals surface area contributed by atoms with Crippen LogP contribution >= 0.6 is 0 Å². The van der Waals surface area contributed by atoms with E-state index in [9.17, 15) is 14.4 Å². The van der Waals surface area contributed by atoms with E-state index in [1.807, 2.05) is 0 Å². The van der Waals surface area contributed by atoms with E-state index in [1.54, 1.807) is 0 Å². The smallest absolute Gasteiger partial charge is 0.318 e. The Kier molecular flexibility index (Phi) is 10.3. The first-order valence-electron chi connectivity index (χ1n) is 7.60. The number of carboxylic acid groups (broad SMARTS) is 3. The van der Waals surface area contributed by atoms with Gasteiger partial charge >= 0.3 is 17.9 Å². The molecule has 1 atom stereocenters. The molecule has 0 radical (unpaired) electrons. The highest BCUT2D eigenvalue weighted by atomic mass is 16.4. The van der Waals surface area contributed by atoms with Gasteiger partial charge in [-0.3, -0.25) is 14.4 Å². The van der Waals surface area contributed by atoms with Crippen molar-refractivity contribution in [3.63, 3.8) is 0 Å². The Labute approximate surface area is 125 Å². The van der Waals surface area contributed by atoms with E-state index in [2.05, 4.69) is 6.92 Å². The third kappa shape index (κ3) is 8.32. The molecule has 0 aliphatic carbocycles. The largest absolute Gasteiger partial charge is 0.481 e. The predicted octanol–water partition coefficient (Wildman–Crippen LogP) is 3.00. The zero-order chi connectivity index (χ0) is 16.3. The third-order valence-electron chi connectivity index (χ3n) is 3.62. The van der Waals surface area contributed by atoms with E-state index in [0.29, 0.717) is 6.42 Å². The second kappa shape index (κ2) is 11.1. The average Bonchev–Trinajstić information content (AvgIpc) is 2.39. The van der Waals surface area contributed by atoms with Gasteiger partial charge in [0.1, 0.15) is 0 Å². The number of rotatable bonds is 13. The molecule has 0 aliphatic rings. The number of aliphatic carboxylic acids is 3. The first kappa shape index (κ1) is 19.4. The minimum absolute atomic E-state index is 0.0908. The first-order chi connectivity index (χ1) is 9.91. The summed E-state index contributed by atoms with van der Waals surface area (Å²) in [5, 5.41) is 26.7. The lowest BCUT2D eigenvalue weighted by Crippen LogP contribution is -2.35. The van der Waals surface area contributed by atoms with Crippen LogP contribution in [0.4, 0.5) is 0 Å². The Morgan fingerprint density at radius 1 is 0.714 bits per heavy atom. The van der Waals surface area contributed by atoms with E-state index in [0.717, 1.165) is 25.7 Å². The van der Waals surface area contributed by atoms with Gasteiger partial charge in [-0.15, -0.1) is 0 Å². The lowest BCUT2D eigenvalue weighted by molar-refractivity contribution is -0.164. The number of hydrogen-bond donors (Lipinski definition) is 3. The Balaban J connectivity index is 4.09. The molecule has 1 unspecified atom stereocenters. The molecular weight excluding hydrogens is 276 g/mol. The summed E-state index contributed by atoms with van der Waals surface area (Å²) in [5.41, 5.74) is 0. The highest BCUT2D eigenvalue weighted by Gasteiger charge is 2.39. The van der Waals surface area contributed by atoms with Gasteiger partial charge in [-0.05, 0) is 6.42 Å². The molecule has 0 spiro atoms. The van der Waals surface area contributed by atoms with Crippen LogP contribution in [-0.2, 0) is 14.4 Å². The molecule has 3 N–H and O–H groups in total. The van der Waals surface area contributed by atoms with Crippen molar-refractivity contribution in [2.24, 2.45) is 11.8 Å². The number of hydrogen-bond acceptors (Lipinski definition) is 3. The maximum atomic E-state index is 11.1. The highest BCUT2D eigenvalue weighted by molar-refractivity contribution is 5.97. The fourth-order valence-electron chi connectivity index (χ4n) is 2.38. The average molecular weight is 302 g/mol. The van der Waals surface area contributed by atoms with Crippen LogP contribution < -0.4 is 0 Å². The molecule has 0 rings (SSSR count). The quantitative estimate of drug-likeness (QED) is 0.356. The monoisotopic (exact) mass is 302 g/mol. The molecule has 0 fully saturated rings. The molecule has 0 heterocycles. The van der Waals surface area contributed by atoms with Crippen molar-refractivity contribution < 1.29 is 29.7 Å². The summed E-state index contributed by atoms with van der Waals surface area (Å²) >= 11 is 0. The van der Waals surface area contributed by atoms with Crippen molar-refractivity contribution >= 4 is 17.9 Å². The van der Waals surface area contributed by atoms with Crippen molar-refractivity contribution in [2.45, 2.75) is 64.7 Å². The topological polar surface area (TPSA) is 112 Å². The Morgan fingerprint density at radius 3 is 1.52 bits per heavy atom. The molecule has 0 aromatic rings. The molecule has 0 aliphatic heterocycles. The van der Waals surface area contributed by atoms with Gasteiger partial charge in [-0.1, -0.05) is 58.3 Å². The van der Waals surface area contributed by atoms with Crippen LogP contribution in [0.3, 0.4) is 0 Å². The van der Waals surface area contributed by atoms with Gasteiger partial charge in [0, 0.05) is 0 Å². The minimum Gasteiger partial charge on any atom is -0.481 e. The van der Waals surface area contributed by atoms with Gasteiger partial charge in [0.05, 0.1) is 5.92 Å². The highest BCUT2D eigenvalue weighted by Crippen LogP contribution is 2.21. The second-order valence-corrected chi connectivity index (χ2v) is 5.36. The van der Waals surface area contributed by atoms with Gasteiger partial charge < -0.3 is 15.3 Å². The summed E-state index contributed by atoms with van der Waals surface area (Å²) in [5.74, 6) is -7.76. The Hall–Kier alpha value is -1.59. The molecule has 6 nitrogen and oxygen atoms in total. The van der Waals surface area contributed by atoms with Crippen LogP contribution in [0, 0.1) is 11.8 Å². The zero-order valence-corrected chi connectivity index (χ0v) is 12.6. The lowest BCUT2D eigenvalue weighted by atomic mass is 9.87. The van der Waals surface area contributed by atoms with E-state index in [1.165, 1.54) is 19.3 Å². The van der Waals surface area contributed by atoms with E-state index >= 15 is 0 Å². The van der Waals surface area contributed by atoms with Crippen LogP contribution in [0.1, 0.15) is 64.7 Å². The van der Waals surface area contributed by atoms with Crippen LogP contribution in [0.5, 0.6) is 0 Å². The summed E-state index contributed by atoms with van der Waals surface area (Å²) in [6, 6.07) is 0. The molecule has 0 aromatic heterocycles. The summed E-state index contributed by atoms with van der Waals surface area (Å²) in [7, 11) is 0. The summed E-state index contributed by atoms with van der Waals surface area (Å²) in [4.78, 5) is 32.8. The lowest BCUT2D eigenvalue weighted by Gasteiger charge is -2.16. The fraction of sp³-hybridized carbons (Fsp3) is 0.800. The van der Waals surface area contributed by atoms with E-state index in [-0.39, 0.29) is 6.42 Å². The Bertz CT molecular complexity index is 325. The summed E-state index contributed by atoms with van der Waals surface area (Å²) < 4.78 is 0. The normalized spacial score (nSPS) is 12.3. The zero-order valence-electron chi connectivity index (χ0n) is 12.6. The summed E-state index contributed by atoms with van der Waals surface area (Å²) in [6.07, 6.45) is 8.26. The van der Waals surface area contributed by atoms with Gasteiger partial charge in [-0.2, -0.15) is 0 Å². The molecule has 6 heteroatoms. The number of unbranched alkanes of at least 4 members (excludes halogenated alkanes) is 7. The summed E-state index contributed by atoms with van der Waals surface area (Å²) in [6.45, 7) is 2.15.